The molecule has 2 aromatic carbocycles. The van der Waals surface area contributed by atoms with Crippen LogP contribution in [0.1, 0.15) is 25.0 Å². The molecule has 118 valence electrons. The van der Waals surface area contributed by atoms with E-state index in [4.69, 9.17) is 10.5 Å². The van der Waals surface area contributed by atoms with Crippen molar-refractivity contribution < 1.29 is 9.53 Å². The van der Waals surface area contributed by atoms with E-state index in [1.54, 1.807) is 6.92 Å². The summed E-state index contributed by atoms with van der Waals surface area (Å²) in [4.78, 5) is 12.5. The number of carbonyl (C=O) groups excluding carboxylic acids is 1. The molecule has 0 saturated carbocycles. The first-order valence-electron chi connectivity index (χ1n) is 7.63. The minimum atomic E-state index is -0.411. The standard InChI is InChI=1S/C20H21NO2/c1-3-17(15-11-7-5-8-12-15)18(20(22)23-4-2)19(21)16-13-9-6-10-14-16/h3,5-14H,4,21H2,1-2H3/b17-3+,19-18-. The van der Waals surface area contributed by atoms with Crippen molar-refractivity contribution in [3.8, 4) is 0 Å². The van der Waals surface area contributed by atoms with E-state index < -0.39 is 5.97 Å². The molecule has 0 aliphatic heterocycles. The summed E-state index contributed by atoms with van der Waals surface area (Å²) in [5, 5.41) is 0. The number of carbonyl (C=O) groups is 1. The number of hydrogen-bond donors (Lipinski definition) is 1. The summed E-state index contributed by atoms with van der Waals surface area (Å²) in [5.41, 5.74) is 9.63. The first-order valence-corrected chi connectivity index (χ1v) is 7.63. The summed E-state index contributed by atoms with van der Waals surface area (Å²) < 4.78 is 5.23. The molecule has 0 radical (unpaired) electrons. The van der Waals surface area contributed by atoms with E-state index in [9.17, 15) is 4.79 Å². The fourth-order valence-electron chi connectivity index (χ4n) is 2.40. The Kier molecular flexibility index (Phi) is 5.75. The zero-order chi connectivity index (χ0) is 16.7. The van der Waals surface area contributed by atoms with Gasteiger partial charge in [0.05, 0.1) is 17.9 Å². The lowest BCUT2D eigenvalue weighted by Crippen LogP contribution is -2.15. The highest BCUT2D eigenvalue weighted by molar-refractivity contribution is 6.12. The molecule has 0 bridgehead atoms. The van der Waals surface area contributed by atoms with Crippen LogP contribution in [0.25, 0.3) is 11.3 Å². The maximum Gasteiger partial charge on any atom is 0.340 e. The number of ether oxygens (including phenoxy) is 1. The predicted molar refractivity (Wildman–Crippen MR) is 94.3 cm³/mol. The van der Waals surface area contributed by atoms with Crippen LogP contribution in [0.2, 0.25) is 0 Å². The van der Waals surface area contributed by atoms with Gasteiger partial charge in [-0.05, 0) is 30.5 Å². The van der Waals surface area contributed by atoms with Crippen molar-refractivity contribution in [3.63, 3.8) is 0 Å². The van der Waals surface area contributed by atoms with Crippen molar-refractivity contribution >= 4 is 17.2 Å². The van der Waals surface area contributed by atoms with Crippen LogP contribution in [0.15, 0.2) is 72.3 Å². The normalized spacial score (nSPS) is 12.5. The first-order chi connectivity index (χ1) is 11.2. The van der Waals surface area contributed by atoms with Crippen molar-refractivity contribution in [2.24, 2.45) is 5.73 Å². The Morgan fingerprint density at radius 3 is 2.00 bits per heavy atom. The van der Waals surface area contributed by atoms with Crippen LogP contribution in [0.4, 0.5) is 0 Å². The number of hydrogen-bond acceptors (Lipinski definition) is 3. The summed E-state index contributed by atoms with van der Waals surface area (Å²) in [6.45, 7) is 3.97. The van der Waals surface area contributed by atoms with E-state index in [0.717, 1.165) is 16.7 Å². The van der Waals surface area contributed by atoms with Gasteiger partial charge in [0, 0.05) is 0 Å². The van der Waals surface area contributed by atoms with Crippen LogP contribution in [-0.4, -0.2) is 12.6 Å². The molecule has 2 aromatic rings. The molecule has 0 atom stereocenters. The fraction of sp³-hybridized carbons (Fsp3) is 0.150. The Hall–Kier alpha value is -2.81. The molecule has 0 unspecified atom stereocenters. The summed E-state index contributed by atoms with van der Waals surface area (Å²) in [7, 11) is 0. The second-order valence-corrected chi connectivity index (χ2v) is 4.94. The van der Waals surface area contributed by atoms with E-state index in [2.05, 4.69) is 0 Å². The van der Waals surface area contributed by atoms with Gasteiger partial charge in [-0.1, -0.05) is 66.7 Å². The van der Waals surface area contributed by atoms with Gasteiger partial charge in [-0.3, -0.25) is 0 Å². The molecule has 2 N–H and O–H groups in total. The van der Waals surface area contributed by atoms with E-state index in [-0.39, 0.29) is 0 Å². The van der Waals surface area contributed by atoms with Crippen molar-refractivity contribution in [2.45, 2.75) is 13.8 Å². The molecular formula is C20H21NO2. The third-order valence-corrected chi connectivity index (χ3v) is 3.48. The molecule has 3 nitrogen and oxygen atoms in total. The molecule has 0 fully saturated rings. The Morgan fingerprint density at radius 2 is 1.52 bits per heavy atom. The zero-order valence-corrected chi connectivity index (χ0v) is 13.5. The van der Waals surface area contributed by atoms with Crippen molar-refractivity contribution in [1.82, 2.24) is 0 Å². The topological polar surface area (TPSA) is 52.3 Å². The Labute approximate surface area is 137 Å². The summed E-state index contributed by atoms with van der Waals surface area (Å²) in [6.07, 6.45) is 1.89. The minimum Gasteiger partial charge on any atom is -0.462 e. The molecule has 3 heteroatoms. The average molecular weight is 307 g/mol. The predicted octanol–water partition coefficient (Wildman–Crippen LogP) is 4.02. The van der Waals surface area contributed by atoms with E-state index in [0.29, 0.717) is 17.9 Å². The zero-order valence-electron chi connectivity index (χ0n) is 13.5. The van der Waals surface area contributed by atoms with Crippen LogP contribution in [0.3, 0.4) is 0 Å². The number of rotatable bonds is 5. The highest BCUT2D eigenvalue weighted by Crippen LogP contribution is 2.29. The van der Waals surface area contributed by atoms with Gasteiger partial charge in [-0.2, -0.15) is 0 Å². The van der Waals surface area contributed by atoms with E-state index in [1.807, 2.05) is 73.7 Å². The van der Waals surface area contributed by atoms with Gasteiger partial charge >= 0.3 is 5.97 Å². The van der Waals surface area contributed by atoms with Gasteiger partial charge in [-0.15, -0.1) is 0 Å². The highest BCUT2D eigenvalue weighted by Gasteiger charge is 2.21. The van der Waals surface area contributed by atoms with E-state index >= 15 is 0 Å². The molecule has 0 aliphatic carbocycles. The Morgan fingerprint density at radius 1 is 1.00 bits per heavy atom. The molecule has 0 heterocycles. The van der Waals surface area contributed by atoms with Gasteiger partial charge in [0.1, 0.15) is 0 Å². The molecule has 0 aliphatic rings. The summed E-state index contributed by atoms with van der Waals surface area (Å²) in [5.74, 6) is -0.411. The Bertz CT molecular complexity index is 716. The van der Waals surface area contributed by atoms with Crippen LogP contribution >= 0.6 is 0 Å². The first kappa shape index (κ1) is 16.6. The lowest BCUT2D eigenvalue weighted by molar-refractivity contribution is -0.137. The smallest absolute Gasteiger partial charge is 0.340 e. The van der Waals surface area contributed by atoms with Gasteiger partial charge in [0.2, 0.25) is 0 Å². The van der Waals surface area contributed by atoms with Gasteiger partial charge < -0.3 is 10.5 Å². The molecule has 0 saturated heterocycles. The third kappa shape index (κ3) is 3.89. The molecular weight excluding hydrogens is 286 g/mol. The maximum atomic E-state index is 12.5. The second kappa shape index (κ2) is 7.99. The van der Waals surface area contributed by atoms with Crippen LogP contribution < -0.4 is 5.73 Å². The number of allylic oxidation sites excluding steroid dienone is 1. The van der Waals surface area contributed by atoms with Crippen molar-refractivity contribution in [3.05, 3.63) is 83.4 Å². The molecule has 0 aromatic heterocycles. The van der Waals surface area contributed by atoms with Crippen LogP contribution in [-0.2, 0) is 9.53 Å². The average Bonchev–Trinajstić information content (AvgIpc) is 2.60. The molecule has 0 amide bonds. The summed E-state index contributed by atoms with van der Waals surface area (Å²) >= 11 is 0. The summed E-state index contributed by atoms with van der Waals surface area (Å²) in [6, 6.07) is 19.2. The van der Waals surface area contributed by atoms with Gasteiger partial charge in [0.15, 0.2) is 0 Å². The SMILES string of the molecule is C/C=C(/C(C(=O)OCC)=C(/N)c1ccccc1)c1ccccc1. The fourth-order valence-corrected chi connectivity index (χ4v) is 2.40. The highest BCUT2D eigenvalue weighted by atomic mass is 16.5. The quantitative estimate of drug-likeness (QED) is 0.515. The second-order valence-electron chi connectivity index (χ2n) is 4.94. The number of esters is 1. The largest absolute Gasteiger partial charge is 0.462 e. The maximum absolute atomic E-state index is 12.5. The van der Waals surface area contributed by atoms with Gasteiger partial charge in [-0.25, -0.2) is 4.79 Å². The van der Waals surface area contributed by atoms with Gasteiger partial charge in [0.25, 0.3) is 0 Å². The van der Waals surface area contributed by atoms with Crippen molar-refractivity contribution in [2.75, 3.05) is 6.61 Å². The molecule has 23 heavy (non-hydrogen) atoms. The van der Waals surface area contributed by atoms with Crippen LogP contribution in [0, 0.1) is 0 Å². The lowest BCUT2D eigenvalue weighted by atomic mass is 9.94. The Balaban J connectivity index is 2.61. The minimum absolute atomic E-state index is 0.302. The van der Waals surface area contributed by atoms with Crippen LogP contribution in [0.5, 0.6) is 0 Å². The van der Waals surface area contributed by atoms with Crippen molar-refractivity contribution in [1.29, 1.82) is 0 Å². The lowest BCUT2D eigenvalue weighted by Gasteiger charge is -2.15. The molecule has 2 rings (SSSR count). The monoisotopic (exact) mass is 307 g/mol. The van der Waals surface area contributed by atoms with E-state index in [1.165, 1.54) is 0 Å². The number of benzene rings is 2. The molecule has 0 spiro atoms. The third-order valence-electron chi connectivity index (χ3n) is 3.48. The number of nitrogens with two attached hydrogens (primary N) is 1.